The second-order valence-electron chi connectivity index (χ2n) is 6.90. The van der Waals surface area contributed by atoms with Crippen LogP contribution < -0.4 is 0 Å². The minimum atomic E-state index is 0.00289. The highest BCUT2D eigenvalue weighted by Gasteiger charge is 2.34. The maximum Gasteiger partial charge on any atom is 0.127 e. The van der Waals surface area contributed by atoms with Crippen LogP contribution in [0.2, 0.25) is 0 Å². The van der Waals surface area contributed by atoms with Gasteiger partial charge in [0.1, 0.15) is 6.29 Å². The van der Waals surface area contributed by atoms with Crippen molar-refractivity contribution in [3.05, 3.63) is 0 Å². The molecule has 2 aliphatic rings. The highest BCUT2D eigenvalue weighted by Crippen LogP contribution is 2.36. The Balaban J connectivity index is 1.84. The number of hydrogen-bond donors (Lipinski definition) is 0. The number of carbonyl (C=O) groups excluding carboxylic acids is 1. The van der Waals surface area contributed by atoms with Crippen LogP contribution in [0.5, 0.6) is 0 Å². The van der Waals surface area contributed by atoms with Crippen LogP contribution >= 0.6 is 0 Å². The van der Waals surface area contributed by atoms with E-state index < -0.39 is 0 Å². The lowest BCUT2D eigenvalue weighted by Crippen LogP contribution is -2.44. The van der Waals surface area contributed by atoms with E-state index >= 15 is 0 Å². The van der Waals surface area contributed by atoms with Gasteiger partial charge >= 0.3 is 0 Å². The Bertz CT molecular complexity index is 260. The van der Waals surface area contributed by atoms with E-state index in [-0.39, 0.29) is 5.41 Å². The Morgan fingerprint density at radius 2 is 1.78 bits per heavy atom. The zero-order valence-electron chi connectivity index (χ0n) is 12.2. The van der Waals surface area contributed by atoms with E-state index in [1.54, 1.807) is 0 Å². The van der Waals surface area contributed by atoms with Crippen molar-refractivity contribution in [3.63, 3.8) is 0 Å². The molecular formula is C16H29NO. The van der Waals surface area contributed by atoms with Gasteiger partial charge in [-0.1, -0.05) is 33.1 Å². The zero-order chi connectivity index (χ0) is 13.0. The highest BCUT2D eigenvalue weighted by molar-refractivity contribution is 5.60. The Labute approximate surface area is 112 Å². The van der Waals surface area contributed by atoms with Gasteiger partial charge in [-0.2, -0.15) is 0 Å². The summed E-state index contributed by atoms with van der Waals surface area (Å²) >= 11 is 0. The molecule has 0 aromatic carbocycles. The molecule has 1 aliphatic heterocycles. The van der Waals surface area contributed by atoms with Crippen LogP contribution in [0.3, 0.4) is 0 Å². The van der Waals surface area contributed by atoms with E-state index in [0.29, 0.717) is 0 Å². The first-order valence-corrected chi connectivity index (χ1v) is 7.84. The molecule has 0 atom stereocenters. The fourth-order valence-electron chi connectivity index (χ4n) is 3.79. The van der Waals surface area contributed by atoms with E-state index in [4.69, 9.17) is 0 Å². The van der Waals surface area contributed by atoms with Crippen molar-refractivity contribution in [3.8, 4) is 0 Å². The number of rotatable bonds is 4. The molecule has 1 saturated heterocycles. The molecule has 2 fully saturated rings. The molecule has 0 N–H and O–H groups in total. The molecule has 0 amide bonds. The molecule has 104 valence electrons. The van der Waals surface area contributed by atoms with Crippen molar-refractivity contribution in [2.45, 2.75) is 58.8 Å². The van der Waals surface area contributed by atoms with Crippen molar-refractivity contribution in [1.82, 2.24) is 4.90 Å². The molecule has 1 heterocycles. The first-order chi connectivity index (χ1) is 8.65. The van der Waals surface area contributed by atoms with Gasteiger partial charge in [0.25, 0.3) is 0 Å². The van der Waals surface area contributed by atoms with E-state index in [0.717, 1.165) is 31.2 Å². The summed E-state index contributed by atoms with van der Waals surface area (Å²) in [6.07, 6.45) is 10.0. The van der Waals surface area contributed by atoms with Crippen molar-refractivity contribution in [1.29, 1.82) is 0 Å². The predicted molar refractivity (Wildman–Crippen MR) is 75.6 cm³/mol. The average Bonchev–Trinajstić information content (AvgIpc) is 2.40. The van der Waals surface area contributed by atoms with Crippen LogP contribution in [-0.4, -0.2) is 30.8 Å². The third kappa shape index (κ3) is 3.34. The van der Waals surface area contributed by atoms with Crippen LogP contribution in [0.15, 0.2) is 0 Å². The quantitative estimate of drug-likeness (QED) is 0.713. The second kappa shape index (κ2) is 6.18. The van der Waals surface area contributed by atoms with Gasteiger partial charge in [0.2, 0.25) is 0 Å². The summed E-state index contributed by atoms with van der Waals surface area (Å²) in [7, 11) is 0. The number of aldehydes is 1. The van der Waals surface area contributed by atoms with Crippen LogP contribution in [0.25, 0.3) is 0 Å². The van der Waals surface area contributed by atoms with Gasteiger partial charge in [0.05, 0.1) is 0 Å². The zero-order valence-corrected chi connectivity index (χ0v) is 12.2. The molecular weight excluding hydrogens is 222 g/mol. The van der Waals surface area contributed by atoms with Crippen molar-refractivity contribution < 1.29 is 4.79 Å². The lowest BCUT2D eigenvalue weighted by molar-refractivity contribution is -0.119. The number of hydrogen-bond acceptors (Lipinski definition) is 2. The molecule has 0 bridgehead atoms. The Kier molecular flexibility index (Phi) is 4.83. The standard InChI is InChI=1S/C16H29NO/c1-14(2)15-6-10-17(11-7-15)12-16(13-18)8-4-3-5-9-16/h13-15H,3-12H2,1-2H3. The maximum absolute atomic E-state index is 11.5. The van der Waals surface area contributed by atoms with E-state index in [2.05, 4.69) is 18.7 Å². The van der Waals surface area contributed by atoms with Crippen LogP contribution in [0.1, 0.15) is 58.8 Å². The third-order valence-corrected chi connectivity index (χ3v) is 5.21. The minimum absolute atomic E-state index is 0.00289. The average molecular weight is 251 g/mol. The fraction of sp³-hybridized carbons (Fsp3) is 0.938. The summed E-state index contributed by atoms with van der Waals surface area (Å²) in [5, 5.41) is 0. The maximum atomic E-state index is 11.5. The summed E-state index contributed by atoms with van der Waals surface area (Å²) in [5.74, 6) is 1.72. The molecule has 1 saturated carbocycles. The smallest absolute Gasteiger partial charge is 0.127 e. The van der Waals surface area contributed by atoms with Crippen molar-refractivity contribution in [2.24, 2.45) is 17.3 Å². The van der Waals surface area contributed by atoms with Crippen LogP contribution in [0.4, 0.5) is 0 Å². The van der Waals surface area contributed by atoms with Gasteiger partial charge in [-0.05, 0) is 50.6 Å². The third-order valence-electron chi connectivity index (χ3n) is 5.21. The molecule has 0 aromatic heterocycles. The molecule has 2 heteroatoms. The monoisotopic (exact) mass is 251 g/mol. The van der Waals surface area contributed by atoms with Gasteiger partial charge in [0.15, 0.2) is 0 Å². The molecule has 0 radical (unpaired) electrons. The minimum Gasteiger partial charge on any atom is -0.303 e. The molecule has 18 heavy (non-hydrogen) atoms. The number of piperidine rings is 1. The molecule has 2 nitrogen and oxygen atoms in total. The predicted octanol–water partition coefficient (Wildman–Crippen LogP) is 3.50. The summed E-state index contributed by atoms with van der Waals surface area (Å²) < 4.78 is 0. The number of nitrogens with zero attached hydrogens (tertiary/aromatic N) is 1. The summed E-state index contributed by atoms with van der Waals surface area (Å²) in [6.45, 7) is 8.13. The SMILES string of the molecule is CC(C)C1CCN(CC2(C=O)CCCCC2)CC1. The summed E-state index contributed by atoms with van der Waals surface area (Å²) in [5.41, 5.74) is 0.00289. The first kappa shape index (κ1) is 14.0. The van der Waals surface area contributed by atoms with Crippen molar-refractivity contribution in [2.75, 3.05) is 19.6 Å². The molecule has 2 rings (SSSR count). The van der Waals surface area contributed by atoms with E-state index in [1.165, 1.54) is 51.5 Å². The Hall–Kier alpha value is -0.370. The highest BCUT2D eigenvalue weighted by atomic mass is 16.1. The Morgan fingerprint density at radius 3 is 2.28 bits per heavy atom. The topological polar surface area (TPSA) is 20.3 Å². The van der Waals surface area contributed by atoms with Gasteiger partial charge in [-0.15, -0.1) is 0 Å². The number of carbonyl (C=O) groups is 1. The molecule has 0 aromatic rings. The lowest BCUT2D eigenvalue weighted by Gasteiger charge is -2.40. The molecule has 0 spiro atoms. The first-order valence-electron chi connectivity index (χ1n) is 7.84. The summed E-state index contributed by atoms with van der Waals surface area (Å²) in [4.78, 5) is 14.1. The number of likely N-dealkylation sites (tertiary alicyclic amines) is 1. The summed E-state index contributed by atoms with van der Waals surface area (Å²) in [6, 6.07) is 0. The van der Waals surface area contributed by atoms with E-state index in [9.17, 15) is 4.79 Å². The van der Waals surface area contributed by atoms with Gasteiger partial charge in [-0.25, -0.2) is 0 Å². The second-order valence-corrected chi connectivity index (χ2v) is 6.90. The fourth-order valence-corrected chi connectivity index (χ4v) is 3.79. The largest absolute Gasteiger partial charge is 0.303 e. The van der Waals surface area contributed by atoms with Crippen molar-refractivity contribution >= 4 is 6.29 Å². The van der Waals surface area contributed by atoms with Crippen LogP contribution in [0, 0.1) is 17.3 Å². The van der Waals surface area contributed by atoms with E-state index in [1.807, 2.05) is 0 Å². The van der Waals surface area contributed by atoms with Gasteiger partial charge in [0, 0.05) is 12.0 Å². The normalized spacial score (nSPS) is 26.4. The van der Waals surface area contributed by atoms with Gasteiger partial charge < -0.3 is 9.69 Å². The molecule has 0 unspecified atom stereocenters. The Morgan fingerprint density at radius 1 is 1.17 bits per heavy atom. The van der Waals surface area contributed by atoms with Gasteiger partial charge in [-0.3, -0.25) is 0 Å². The van der Waals surface area contributed by atoms with Crippen LogP contribution in [-0.2, 0) is 4.79 Å². The lowest BCUT2D eigenvalue weighted by atomic mass is 9.74. The molecule has 1 aliphatic carbocycles.